The van der Waals surface area contributed by atoms with Crippen molar-refractivity contribution in [3.63, 3.8) is 0 Å². The Bertz CT molecular complexity index is 250. The summed E-state index contributed by atoms with van der Waals surface area (Å²) < 4.78 is 0. The van der Waals surface area contributed by atoms with Crippen LogP contribution in [0.2, 0.25) is 0 Å². The standard InChI is InChI=1S/C8H13N3/c9-7-4-11-3-6(7)8(10)5-1-2-5/h3-5,8,11H,1-2,9-10H2. The van der Waals surface area contributed by atoms with E-state index < -0.39 is 0 Å². The van der Waals surface area contributed by atoms with Gasteiger partial charge in [-0.15, -0.1) is 0 Å². The zero-order valence-corrected chi connectivity index (χ0v) is 6.38. The average molecular weight is 151 g/mol. The molecule has 0 aromatic carbocycles. The van der Waals surface area contributed by atoms with E-state index in [4.69, 9.17) is 11.5 Å². The second-order valence-electron chi connectivity index (χ2n) is 3.23. The topological polar surface area (TPSA) is 67.8 Å². The minimum absolute atomic E-state index is 0.154. The molecule has 1 aliphatic rings. The van der Waals surface area contributed by atoms with E-state index >= 15 is 0 Å². The van der Waals surface area contributed by atoms with Gasteiger partial charge in [0.05, 0.1) is 5.69 Å². The molecule has 1 aromatic heterocycles. The van der Waals surface area contributed by atoms with Crippen LogP contribution >= 0.6 is 0 Å². The van der Waals surface area contributed by atoms with Gasteiger partial charge in [-0.25, -0.2) is 0 Å². The van der Waals surface area contributed by atoms with Crippen LogP contribution in [-0.4, -0.2) is 4.98 Å². The third-order valence-electron chi connectivity index (χ3n) is 2.30. The van der Waals surface area contributed by atoms with Crippen molar-refractivity contribution in [2.24, 2.45) is 11.7 Å². The molecule has 0 amide bonds. The molecule has 11 heavy (non-hydrogen) atoms. The summed E-state index contributed by atoms with van der Waals surface area (Å²) in [6.45, 7) is 0. The quantitative estimate of drug-likeness (QED) is 0.590. The van der Waals surface area contributed by atoms with E-state index in [1.54, 1.807) is 6.20 Å². The van der Waals surface area contributed by atoms with Gasteiger partial charge in [0, 0.05) is 24.0 Å². The van der Waals surface area contributed by atoms with Crippen molar-refractivity contribution < 1.29 is 0 Å². The van der Waals surface area contributed by atoms with E-state index in [2.05, 4.69) is 4.98 Å². The van der Waals surface area contributed by atoms with Crippen LogP contribution in [-0.2, 0) is 0 Å². The number of nitrogen functional groups attached to an aromatic ring is 1. The second kappa shape index (κ2) is 2.27. The first-order valence-corrected chi connectivity index (χ1v) is 3.97. The molecule has 0 bridgehead atoms. The minimum Gasteiger partial charge on any atom is -0.397 e. The van der Waals surface area contributed by atoms with Gasteiger partial charge in [-0.2, -0.15) is 0 Å². The summed E-state index contributed by atoms with van der Waals surface area (Å²) in [4.78, 5) is 2.96. The molecule has 0 radical (unpaired) electrons. The summed E-state index contributed by atoms with van der Waals surface area (Å²) in [7, 11) is 0. The summed E-state index contributed by atoms with van der Waals surface area (Å²) in [6, 6.07) is 0.154. The Morgan fingerprint density at radius 2 is 2.18 bits per heavy atom. The molecule has 3 nitrogen and oxygen atoms in total. The average Bonchev–Trinajstić information content (AvgIpc) is 2.74. The van der Waals surface area contributed by atoms with Crippen molar-refractivity contribution in [3.05, 3.63) is 18.0 Å². The van der Waals surface area contributed by atoms with Crippen LogP contribution in [0.4, 0.5) is 5.69 Å². The van der Waals surface area contributed by atoms with Crippen molar-refractivity contribution in [1.82, 2.24) is 4.98 Å². The number of nitrogens with two attached hydrogens (primary N) is 2. The zero-order valence-electron chi connectivity index (χ0n) is 6.38. The van der Waals surface area contributed by atoms with Crippen molar-refractivity contribution in [2.45, 2.75) is 18.9 Å². The molecule has 1 heterocycles. The van der Waals surface area contributed by atoms with Gasteiger partial charge >= 0.3 is 0 Å². The molecule has 2 rings (SSSR count). The van der Waals surface area contributed by atoms with Crippen LogP contribution in [0.5, 0.6) is 0 Å². The predicted molar refractivity (Wildman–Crippen MR) is 44.9 cm³/mol. The molecule has 1 aliphatic carbocycles. The van der Waals surface area contributed by atoms with Gasteiger partial charge < -0.3 is 16.5 Å². The minimum atomic E-state index is 0.154. The first kappa shape index (κ1) is 6.73. The van der Waals surface area contributed by atoms with Crippen LogP contribution in [0.1, 0.15) is 24.4 Å². The molecule has 1 saturated carbocycles. The Labute approximate surface area is 65.8 Å². The van der Waals surface area contributed by atoms with Crippen LogP contribution in [0.3, 0.4) is 0 Å². The third-order valence-corrected chi connectivity index (χ3v) is 2.30. The molecule has 1 fully saturated rings. The smallest absolute Gasteiger partial charge is 0.0540 e. The lowest BCUT2D eigenvalue weighted by Gasteiger charge is -2.08. The number of aromatic amines is 1. The van der Waals surface area contributed by atoms with Crippen LogP contribution in [0.15, 0.2) is 12.4 Å². The monoisotopic (exact) mass is 151 g/mol. The molecule has 0 spiro atoms. The maximum Gasteiger partial charge on any atom is 0.0540 e. The molecule has 60 valence electrons. The van der Waals surface area contributed by atoms with E-state index in [9.17, 15) is 0 Å². The lowest BCUT2D eigenvalue weighted by atomic mass is 10.1. The summed E-state index contributed by atoms with van der Waals surface area (Å²) in [5.41, 5.74) is 13.5. The largest absolute Gasteiger partial charge is 0.397 e. The second-order valence-corrected chi connectivity index (χ2v) is 3.23. The number of hydrogen-bond acceptors (Lipinski definition) is 2. The number of H-pyrrole nitrogens is 1. The van der Waals surface area contributed by atoms with E-state index in [0.717, 1.165) is 11.3 Å². The highest BCUT2D eigenvalue weighted by Gasteiger charge is 2.30. The van der Waals surface area contributed by atoms with Gasteiger partial charge in [-0.1, -0.05) is 0 Å². The number of nitrogens with one attached hydrogen (secondary N) is 1. The summed E-state index contributed by atoms with van der Waals surface area (Å²) in [5, 5.41) is 0. The molecule has 5 N–H and O–H groups in total. The van der Waals surface area contributed by atoms with Gasteiger partial charge in [-0.3, -0.25) is 0 Å². The highest BCUT2D eigenvalue weighted by Crippen LogP contribution is 2.40. The Kier molecular flexibility index (Phi) is 1.39. The molecule has 0 aliphatic heterocycles. The van der Waals surface area contributed by atoms with Crippen molar-refractivity contribution in [1.29, 1.82) is 0 Å². The maximum atomic E-state index is 5.95. The fourth-order valence-electron chi connectivity index (χ4n) is 1.39. The molecule has 1 aromatic rings. The fraction of sp³-hybridized carbons (Fsp3) is 0.500. The first-order valence-electron chi connectivity index (χ1n) is 3.97. The Morgan fingerprint density at radius 3 is 2.64 bits per heavy atom. The normalized spacial score (nSPS) is 20.1. The Morgan fingerprint density at radius 1 is 1.45 bits per heavy atom. The molecular formula is C8H13N3. The highest BCUT2D eigenvalue weighted by molar-refractivity contribution is 5.46. The maximum absolute atomic E-state index is 5.95. The molecule has 0 saturated heterocycles. The number of hydrogen-bond donors (Lipinski definition) is 3. The summed E-state index contributed by atoms with van der Waals surface area (Å²) in [5.74, 6) is 0.674. The SMILES string of the molecule is Nc1c[nH]cc1C(N)C1CC1. The Balaban J connectivity index is 2.20. The van der Waals surface area contributed by atoms with Gasteiger partial charge in [0.2, 0.25) is 0 Å². The van der Waals surface area contributed by atoms with Gasteiger partial charge in [0.25, 0.3) is 0 Å². The highest BCUT2D eigenvalue weighted by atomic mass is 14.8. The van der Waals surface area contributed by atoms with Crippen LogP contribution < -0.4 is 11.5 Å². The van der Waals surface area contributed by atoms with Crippen LogP contribution in [0.25, 0.3) is 0 Å². The van der Waals surface area contributed by atoms with Crippen LogP contribution in [0, 0.1) is 5.92 Å². The Hall–Kier alpha value is -0.960. The predicted octanol–water partition coefficient (Wildman–Crippen LogP) is 1.01. The van der Waals surface area contributed by atoms with Crippen molar-refractivity contribution >= 4 is 5.69 Å². The molecule has 1 atom stereocenters. The molecule has 1 unspecified atom stereocenters. The number of anilines is 1. The third kappa shape index (κ3) is 1.12. The fourth-order valence-corrected chi connectivity index (χ4v) is 1.39. The number of rotatable bonds is 2. The van der Waals surface area contributed by atoms with E-state index in [1.807, 2.05) is 6.20 Å². The van der Waals surface area contributed by atoms with Crippen molar-refractivity contribution in [3.8, 4) is 0 Å². The lowest BCUT2D eigenvalue weighted by Crippen LogP contribution is -2.12. The van der Waals surface area contributed by atoms with Gasteiger partial charge in [-0.05, 0) is 18.8 Å². The zero-order chi connectivity index (χ0) is 7.84. The van der Waals surface area contributed by atoms with Gasteiger partial charge in [0.1, 0.15) is 0 Å². The van der Waals surface area contributed by atoms with Crippen molar-refractivity contribution in [2.75, 3.05) is 5.73 Å². The van der Waals surface area contributed by atoms with Gasteiger partial charge in [0.15, 0.2) is 0 Å². The van der Waals surface area contributed by atoms with E-state index in [0.29, 0.717) is 5.92 Å². The lowest BCUT2D eigenvalue weighted by molar-refractivity contribution is 0.636. The van der Waals surface area contributed by atoms with E-state index in [-0.39, 0.29) is 6.04 Å². The first-order chi connectivity index (χ1) is 5.29. The summed E-state index contributed by atoms with van der Waals surface area (Å²) in [6.07, 6.45) is 6.20. The van der Waals surface area contributed by atoms with E-state index in [1.165, 1.54) is 12.8 Å². The summed E-state index contributed by atoms with van der Waals surface area (Å²) >= 11 is 0. The molecule has 3 heteroatoms. The number of aromatic nitrogens is 1. The molecular weight excluding hydrogens is 138 g/mol.